The van der Waals surface area contributed by atoms with Crippen molar-refractivity contribution in [2.45, 2.75) is 67.7 Å². The predicted molar refractivity (Wildman–Crippen MR) is 303 cm³/mol. The van der Waals surface area contributed by atoms with E-state index in [-0.39, 0.29) is 45.2 Å². The first kappa shape index (κ1) is 59.4. The standard InChI is InChI=1S/C28H25ClN4O6S.C26H24ClN5O6S2/c1-28(2,3)27(39)33-23(30-14-17-9-12-22(29)40-17)13-19(31-33)20-11-10-18(24(35)26(37)38)25(36)32(20)15-21(34)16-7-5-4-6-8-16;1-26(2,3)25(37)32-20(29-12-15-5-6-19(27)40-15)11-16(30-32)17-9-14(22(35)24(36)38-4)10-21(34)31(17)13-18(33)23-28-7-8-39-23/h4-13,30H,14-15H2,1-3H3,(H,37,38);5-11,29H,12-13H2,1-4H3. The van der Waals surface area contributed by atoms with Gasteiger partial charge in [0.05, 0.1) is 58.9 Å². The van der Waals surface area contributed by atoms with E-state index in [2.05, 4.69) is 30.6 Å². The molecule has 3 N–H and O–H groups in total. The van der Waals surface area contributed by atoms with Gasteiger partial charge in [-0.2, -0.15) is 19.6 Å². The molecule has 1 aromatic carbocycles. The number of halogens is 2. The number of rotatable bonds is 18. The number of aromatic nitrogens is 7. The van der Waals surface area contributed by atoms with Crippen LogP contribution in [-0.2, 0) is 40.5 Å². The molecule has 0 amide bonds. The second-order valence-corrected chi connectivity index (χ2v) is 24.0. The van der Waals surface area contributed by atoms with Crippen molar-refractivity contribution >= 4 is 116 Å². The Balaban J connectivity index is 0.000000231. The third kappa shape index (κ3) is 13.9. The van der Waals surface area contributed by atoms with Gasteiger partial charge in [0.1, 0.15) is 23.0 Å². The van der Waals surface area contributed by atoms with Crippen molar-refractivity contribution in [3.63, 3.8) is 0 Å². The summed E-state index contributed by atoms with van der Waals surface area (Å²) >= 11 is 15.9. The molecule has 0 unspecified atom stereocenters. The topological polar surface area (TPSA) is 283 Å². The van der Waals surface area contributed by atoms with Gasteiger partial charge in [-0.25, -0.2) is 14.6 Å². The molecule has 0 radical (unpaired) electrons. The summed E-state index contributed by atoms with van der Waals surface area (Å²) in [5.74, 6) is -6.32. The smallest absolute Gasteiger partial charge is 0.379 e. The number of carboxylic acid groups (broad SMARTS) is 1. The number of pyridine rings is 2. The van der Waals surface area contributed by atoms with Gasteiger partial charge in [-0.3, -0.25) is 47.5 Å². The molecule has 0 saturated carbocycles. The molecule has 7 aromatic heterocycles. The Labute approximate surface area is 477 Å². The third-order valence-corrected chi connectivity index (χ3v) is 14.8. The lowest BCUT2D eigenvalue weighted by molar-refractivity contribution is -0.135. The van der Waals surface area contributed by atoms with E-state index in [0.29, 0.717) is 39.0 Å². The van der Waals surface area contributed by atoms with Gasteiger partial charge in [0, 0.05) is 61.5 Å². The first-order valence-electron chi connectivity index (χ1n) is 23.9. The minimum Gasteiger partial charge on any atom is -0.475 e. The Bertz CT molecular complexity index is 3840. The SMILES string of the molecule is CC(C)(C)C(=O)n1nc(-c2ccc(C(=O)C(=O)O)c(=O)n2CC(=O)c2ccccc2)cc1NCc1ccc(Cl)s1.COC(=O)C(=O)c1cc(-c2cc(NCc3ccc(Cl)s3)n(C(=O)C(C)(C)C)n2)n(CC(=O)c2nccs2)c(=O)c1. The van der Waals surface area contributed by atoms with Crippen LogP contribution in [0.1, 0.15) is 102 Å². The second-order valence-electron chi connectivity index (χ2n) is 19.5. The van der Waals surface area contributed by atoms with Crippen molar-refractivity contribution in [3.05, 3.63) is 163 Å². The van der Waals surface area contributed by atoms with Crippen LogP contribution in [0, 0.1) is 10.8 Å². The van der Waals surface area contributed by atoms with Crippen molar-refractivity contribution in [2.75, 3.05) is 17.7 Å². The Morgan fingerprint density at radius 2 is 1.18 bits per heavy atom. The third-order valence-electron chi connectivity index (χ3n) is 11.5. The lowest BCUT2D eigenvalue weighted by Crippen LogP contribution is -2.32. The second kappa shape index (κ2) is 24.8. The molecule has 80 heavy (non-hydrogen) atoms. The summed E-state index contributed by atoms with van der Waals surface area (Å²) in [7, 11) is 1.05. The van der Waals surface area contributed by atoms with E-state index in [1.54, 1.807) is 95.5 Å². The number of anilines is 2. The number of methoxy groups -OCH3 is 1. The van der Waals surface area contributed by atoms with Gasteiger partial charge in [-0.1, -0.05) is 95.1 Å². The van der Waals surface area contributed by atoms with E-state index in [9.17, 15) is 53.1 Å². The molecule has 0 aliphatic carbocycles. The summed E-state index contributed by atoms with van der Waals surface area (Å²) in [6, 6.07) is 23.2. The van der Waals surface area contributed by atoms with Gasteiger partial charge in [0.25, 0.3) is 34.5 Å². The fourth-order valence-corrected chi connectivity index (χ4v) is 10.1. The van der Waals surface area contributed by atoms with Crippen LogP contribution < -0.4 is 21.8 Å². The van der Waals surface area contributed by atoms with Gasteiger partial charge in [-0.05, 0) is 42.5 Å². The highest BCUT2D eigenvalue weighted by atomic mass is 35.5. The zero-order chi connectivity index (χ0) is 58.4. The van der Waals surface area contributed by atoms with Crippen LogP contribution in [0.5, 0.6) is 0 Å². The number of aliphatic carboxylic acids is 1. The number of ketones is 4. The fourth-order valence-electron chi connectivity index (χ4n) is 7.45. The van der Waals surface area contributed by atoms with E-state index in [1.807, 2.05) is 12.1 Å². The van der Waals surface area contributed by atoms with Gasteiger partial charge < -0.3 is 20.5 Å². The van der Waals surface area contributed by atoms with E-state index >= 15 is 0 Å². The summed E-state index contributed by atoms with van der Waals surface area (Å²) < 4.78 is 10.2. The van der Waals surface area contributed by atoms with E-state index in [1.165, 1.54) is 56.4 Å². The average molecular weight is 1180 g/mol. The zero-order valence-electron chi connectivity index (χ0n) is 43.7. The summed E-state index contributed by atoms with van der Waals surface area (Å²) in [5.41, 5.74) is -3.40. The van der Waals surface area contributed by atoms with Crippen LogP contribution in [0.15, 0.2) is 112 Å². The largest absolute Gasteiger partial charge is 0.475 e. The minimum absolute atomic E-state index is 0.0485. The van der Waals surface area contributed by atoms with Crippen LogP contribution >= 0.6 is 57.2 Å². The highest BCUT2D eigenvalue weighted by Gasteiger charge is 2.31. The Morgan fingerprint density at radius 3 is 1.65 bits per heavy atom. The van der Waals surface area contributed by atoms with Crippen LogP contribution in [0.3, 0.4) is 0 Å². The number of carboxylic acids is 1. The number of hydrogen-bond acceptors (Lipinski definition) is 19. The van der Waals surface area contributed by atoms with E-state index in [0.717, 1.165) is 49.5 Å². The number of benzene rings is 1. The van der Waals surface area contributed by atoms with Crippen LogP contribution in [0.25, 0.3) is 22.8 Å². The van der Waals surface area contributed by atoms with Gasteiger partial charge in [0.2, 0.25) is 5.78 Å². The monoisotopic (exact) mass is 1180 g/mol. The number of ether oxygens (including phenoxy) is 1. The maximum absolute atomic E-state index is 13.4. The highest BCUT2D eigenvalue weighted by Crippen LogP contribution is 2.31. The molecule has 0 fully saturated rings. The maximum Gasteiger partial charge on any atom is 0.379 e. The molecule has 21 nitrogen and oxygen atoms in total. The minimum atomic E-state index is -1.80. The Morgan fingerprint density at radius 1 is 0.637 bits per heavy atom. The summed E-state index contributed by atoms with van der Waals surface area (Å²) in [6.07, 6.45) is 1.47. The summed E-state index contributed by atoms with van der Waals surface area (Å²) in [6.45, 7) is 10.2. The number of hydrogen-bond donors (Lipinski definition) is 3. The van der Waals surface area contributed by atoms with E-state index < -0.39 is 75.7 Å². The van der Waals surface area contributed by atoms with Crippen molar-refractivity contribution < 1.29 is 48.2 Å². The van der Waals surface area contributed by atoms with Crippen LogP contribution in [-0.4, -0.2) is 92.8 Å². The number of nitrogens with one attached hydrogen (secondary N) is 2. The lowest BCUT2D eigenvalue weighted by Gasteiger charge is -2.18. The molecule has 8 rings (SSSR count). The van der Waals surface area contributed by atoms with Crippen LogP contribution in [0.4, 0.5) is 11.6 Å². The normalized spacial score (nSPS) is 11.3. The summed E-state index contributed by atoms with van der Waals surface area (Å²) in [5, 5.41) is 26.3. The lowest BCUT2D eigenvalue weighted by atomic mass is 9.96. The first-order valence-corrected chi connectivity index (χ1v) is 27.2. The zero-order valence-corrected chi connectivity index (χ0v) is 47.7. The average Bonchev–Trinajstić information content (AvgIpc) is 4.35. The maximum atomic E-state index is 13.4. The molecule has 0 aliphatic heterocycles. The fraction of sp³-hybridized carbons (Fsp3) is 0.241. The molecular formula is C54H49Cl2N9O12S3. The summed E-state index contributed by atoms with van der Waals surface area (Å²) in [4.78, 5) is 133. The van der Waals surface area contributed by atoms with Crippen molar-refractivity contribution in [1.29, 1.82) is 0 Å². The Kier molecular flexibility index (Phi) is 18.4. The van der Waals surface area contributed by atoms with Gasteiger partial charge in [-0.15, -0.1) is 34.0 Å². The van der Waals surface area contributed by atoms with Crippen molar-refractivity contribution in [2.24, 2.45) is 10.8 Å². The Hall–Kier alpha value is -8.29. The van der Waals surface area contributed by atoms with Gasteiger partial charge in [0.15, 0.2) is 10.8 Å². The molecule has 0 aliphatic rings. The molecule has 0 saturated heterocycles. The molecular weight excluding hydrogens is 1130 g/mol. The molecule has 0 spiro atoms. The number of nitrogens with zero attached hydrogens (tertiary/aromatic N) is 7. The molecule has 26 heteroatoms. The first-order chi connectivity index (χ1) is 37.7. The number of esters is 1. The molecule has 0 atom stereocenters. The number of Topliss-reactive ketones (excluding diaryl/α,β-unsaturated/α-hetero) is 4. The van der Waals surface area contributed by atoms with Gasteiger partial charge >= 0.3 is 11.9 Å². The molecule has 7 heterocycles. The number of carbonyl (C=O) groups is 8. The quantitative estimate of drug-likeness (QED) is 0.0410. The highest BCUT2D eigenvalue weighted by molar-refractivity contribution is 7.16. The van der Waals surface area contributed by atoms with Crippen molar-refractivity contribution in [3.8, 4) is 22.8 Å². The number of carbonyl (C=O) groups excluding carboxylic acids is 7. The molecule has 0 bridgehead atoms. The molecule has 414 valence electrons. The van der Waals surface area contributed by atoms with E-state index in [4.69, 9.17) is 23.2 Å². The number of thiazole rings is 1. The predicted octanol–water partition coefficient (Wildman–Crippen LogP) is 9.30. The van der Waals surface area contributed by atoms with Crippen LogP contribution in [0.2, 0.25) is 8.67 Å². The number of thiophene rings is 2. The molecule has 8 aromatic rings. The van der Waals surface area contributed by atoms with Crippen molar-refractivity contribution in [1.82, 2.24) is 33.7 Å².